The van der Waals surface area contributed by atoms with Crippen LogP contribution in [0, 0.1) is 0 Å². The minimum atomic E-state index is 0.419. The molecule has 78 valence electrons. The number of nitrogens with one attached hydrogen (secondary N) is 1. The zero-order valence-corrected chi connectivity index (χ0v) is 8.38. The predicted molar refractivity (Wildman–Crippen MR) is 61.5 cm³/mol. The van der Waals surface area contributed by atoms with E-state index in [-0.39, 0.29) is 0 Å². The maximum Gasteiger partial charge on any atom is 0.151 e. The van der Waals surface area contributed by atoms with E-state index in [4.69, 9.17) is 5.73 Å². The molecule has 3 aromatic rings. The molecule has 3 rings (SSSR count). The van der Waals surface area contributed by atoms with Crippen LogP contribution in [0.3, 0.4) is 0 Å². The molecule has 3 heterocycles. The molecule has 0 atom stereocenters. The fourth-order valence-corrected chi connectivity index (χ4v) is 1.66. The summed E-state index contributed by atoms with van der Waals surface area (Å²) in [6.07, 6.45) is 6.73. The standard InChI is InChI=1S/C11H9N5/c12-11-10(14-3-4-15-11)9-5-7-6-13-2-1-8(7)16-9/h1-6,16H,(H2,12,15). The Balaban J connectivity index is 2.23. The summed E-state index contributed by atoms with van der Waals surface area (Å²) in [7, 11) is 0. The van der Waals surface area contributed by atoms with E-state index < -0.39 is 0 Å². The van der Waals surface area contributed by atoms with E-state index in [1.54, 1.807) is 24.8 Å². The zero-order valence-electron chi connectivity index (χ0n) is 8.38. The maximum absolute atomic E-state index is 5.77. The molecule has 0 bridgehead atoms. The summed E-state index contributed by atoms with van der Waals surface area (Å²) in [5, 5.41) is 1.03. The lowest BCUT2D eigenvalue weighted by molar-refractivity contribution is 1.20. The van der Waals surface area contributed by atoms with Gasteiger partial charge in [0.1, 0.15) is 5.69 Å². The lowest BCUT2D eigenvalue weighted by Crippen LogP contribution is -1.95. The number of anilines is 1. The number of nitrogen functional groups attached to an aromatic ring is 1. The van der Waals surface area contributed by atoms with Crippen LogP contribution in [0.15, 0.2) is 36.9 Å². The smallest absolute Gasteiger partial charge is 0.151 e. The van der Waals surface area contributed by atoms with Crippen LogP contribution in [-0.2, 0) is 0 Å². The first kappa shape index (κ1) is 8.84. The van der Waals surface area contributed by atoms with Crippen molar-refractivity contribution in [1.82, 2.24) is 19.9 Å². The minimum Gasteiger partial charge on any atom is -0.382 e. The highest BCUT2D eigenvalue weighted by atomic mass is 14.9. The highest BCUT2D eigenvalue weighted by Gasteiger charge is 2.07. The van der Waals surface area contributed by atoms with Gasteiger partial charge in [0, 0.05) is 35.7 Å². The first-order chi connectivity index (χ1) is 7.84. The van der Waals surface area contributed by atoms with Gasteiger partial charge in [-0.25, -0.2) is 9.97 Å². The predicted octanol–water partition coefficient (Wildman–Crippen LogP) is 1.60. The molecule has 0 aliphatic carbocycles. The molecule has 5 heteroatoms. The second-order valence-electron chi connectivity index (χ2n) is 3.44. The lowest BCUT2D eigenvalue weighted by atomic mass is 10.3. The van der Waals surface area contributed by atoms with E-state index in [2.05, 4.69) is 19.9 Å². The normalized spacial score (nSPS) is 10.8. The van der Waals surface area contributed by atoms with Crippen LogP contribution in [0.5, 0.6) is 0 Å². The number of H-pyrrole nitrogens is 1. The highest BCUT2D eigenvalue weighted by molar-refractivity contribution is 5.85. The largest absolute Gasteiger partial charge is 0.382 e. The number of fused-ring (bicyclic) bond motifs is 1. The summed E-state index contributed by atoms with van der Waals surface area (Å²) in [4.78, 5) is 15.5. The fourth-order valence-electron chi connectivity index (χ4n) is 1.66. The van der Waals surface area contributed by atoms with Crippen molar-refractivity contribution in [2.24, 2.45) is 0 Å². The number of pyridine rings is 1. The van der Waals surface area contributed by atoms with Crippen molar-refractivity contribution in [3.63, 3.8) is 0 Å². The third-order valence-electron chi connectivity index (χ3n) is 2.40. The van der Waals surface area contributed by atoms with Crippen molar-refractivity contribution in [3.05, 3.63) is 36.9 Å². The summed E-state index contributed by atoms with van der Waals surface area (Å²) >= 11 is 0. The first-order valence-electron chi connectivity index (χ1n) is 4.84. The average molecular weight is 211 g/mol. The van der Waals surface area contributed by atoms with Gasteiger partial charge in [0.2, 0.25) is 0 Å². The highest BCUT2D eigenvalue weighted by Crippen LogP contribution is 2.24. The average Bonchev–Trinajstić information content (AvgIpc) is 2.73. The van der Waals surface area contributed by atoms with Crippen LogP contribution in [0.25, 0.3) is 22.3 Å². The molecular formula is C11H9N5. The molecule has 0 amide bonds. The zero-order chi connectivity index (χ0) is 11.0. The van der Waals surface area contributed by atoms with Crippen molar-refractivity contribution < 1.29 is 0 Å². The quantitative estimate of drug-likeness (QED) is 0.640. The van der Waals surface area contributed by atoms with E-state index in [1.807, 2.05) is 12.1 Å². The SMILES string of the molecule is Nc1nccnc1-c1cc2cnccc2[nH]1. The van der Waals surface area contributed by atoms with E-state index in [0.29, 0.717) is 11.5 Å². The Morgan fingerprint density at radius 3 is 2.81 bits per heavy atom. The maximum atomic E-state index is 5.77. The first-order valence-corrected chi connectivity index (χ1v) is 4.84. The molecular weight excluding hydrogens is 202 g/mol. The number of nitrogens with zero attached hydrogens (tertiary/aromatic N) is 3. The van der Waals surface area contributed by atoms with Gasteiger partial charge >= 0.3 is 0 Å². The van der Waals surface area contributed by atoms with Gasteiger partial charge in [0.05, 0.1) is 5.69 Å². The molecule has 0 aliphatic rings. The molecule has 0 radical (unpaired) electrons. The van der Waals surface area contributed by atoms with E-state index in [9.17, 15) is 0 Å². The second kappa shape index (κ2) is 3.30. The van der Waals surface area contributed by atoms with Gasteiger partial charge in [0.15, 0.2) is 5.82 Å². The molecule has 0 saturated heterocycles. The van der Waals surface area contributed by atoms with Gasteiger partial charge in [-0.15, -0.1) is 0 Å². The van der Waals surface area contributed by atoms with Gasteiger partial charge in [-0.3, -0.25) is 4.98 Å². The number of nitrogens with two attached hydrogens (primary N) is 1. The van der Waals surface area contributed by atoms with E-state index in [0.717, 1.165) is 16.6 Å². The number of aromatic nitrogens is 4. The van der Waals surface area contributed by atoms with Crippen molar-refractivity contribution in [2.75, 3.05) is 5.73 Å². The van der Waals surface area contributed by atoms with E-state index >= 15 is 0 Å². The van der Waals surface area contributed by atoms with Crippen molar-refractivity contribution >= 4 is 16.7 Å². The van der Waals surface area contributed by atoms with Crippen LogP contribution >= 0.6 is 0 Å². The molecule has 0 fully saturated rings. The summed E-state index contributed by atoms with van der Waals surface area (Å²) in [5.41, 5.74) is 8.30. The summed E-state index contributed by atoms with van der Waals surface area (Å²) in [5.74, 6) is 0.419. The molecule has 3 N–H and O–H groups in total. The minimum absolute atomic E-state index is 0.419. The molecule has 0 spiro atoms. The monoisotopic (exact) mass is 211 g/mol. The Kier molecular flexibility index (Phi) is 1.83. The molecule has 0 aliphatic heterocycles. The molecule has 0 saturated carbocycles. The van der Waals surface area contributed by atoms with Crippen LogP contribution in [-0.4, -0.2) is 19.9 Å². The second-order valence-corrected chi connectivity index (χ2v) is 3.44. The molecule has 0 unspecified atom stereocenters. The number of aromatic amines is 1. The van der Waals surface area contributed by atoms with Gasteiger partial charge in [-0.05, 0) is 12.1 Å². The van der Waals surface area contributed by atoms with Crippen molar-refractivity contribution in [3.8, 4) is 11.4 Å². The summed E-state index contributed by atoms with van der Waals surface area (Å²) < 4.78 is 0. The molecule has 0 aromatic carbocycles. The topological polar surface area (TPSA) is 80.5 Å². The van der Waals surface area contributed by atoms with Crippen LogP contribution < -0.4 is 5.73 Å². The number of rotatable bonds is 1. The van der Waals surface area contributed by atoms with Crippen LogP contribution in [0.1, 0.15) is 0 Å². The third-order valence-corrected chi connectivity index (χ3v) is 2.40. The third kappa shape index (κ3) is 1.30. The Morgan fingerprint density at radius 1 is 1.12 bits per heavy atom. The Bertz CT molecular complexity index is 610. The number of hydrogen-bond acceptors (Lipinski definition) is 4. The summed E-state index contributed by atoms with van der Waals surface area (Å²) in [6.45, 7) is 0. The molecule has 16 heavy (non-hydrogen) atoms. The van der Waals surface area contributed by atoms with Gasteiger partial charge in [0.25, 0.3) is 0 Å². The van der Waals surface area contributed by atoms with Crippen molar-refractivity contribution in [1.29, 1.82) is 0 Å². The number of hydrogen-bond donors (Lipinski definition) is 2. The van der Waals surface area contributed by atoms with Crippen LogP contribution in [0.4, 0.5) is 5.82 Å². The Hall–Kier alpha value is -2.43. The van der Waals surface area contributed by atoms with Crippen molar-refractivity contribution in [2.45, 2.75) is 0 Å². The van der Waals surface area contributed by atoms with E-state index in [1.165, 1.54) is 0 Å². The molecule has 3 aromatic heterocycles. The lowest BCUT2D eigenvalue weighted by Gasteiger charge is -1.98. The van der Waals surface area contributed by atoms with Crippen LogP contribution in [0.2, 0.25) is 0 Å². The Morgan fingerprint density at radius 2 is 2.00 bits per heavy atom. The molecule has 5 nitrogen and oxygen atoms in total. The fraction of sp³-hybridized carbons (Fsp3) is 0. The summed E-state index contributed by atoms with van der Waals surface area (Å²) in [6, 6.07) is 3.87. The van der Waals surface area contributed by atoms with Gasteiger partial charge in [-0.1, -0.05) is 0 Å². The van der Waals surface area contributed by atoms with Gasteiger partial charge < -0.3 is 10.7 Å². The van der Waals surface area contributed by atoms with Gasteiger partial charge in [-0.2, -0.15) is 0 Å². The Labute approximate surface area is 91.4 Å².